The number of hydrogen-bond acceptors (Lipinski definition) is 2. The Morgan fingerprint density at radius 2 is 2.22 bits per heavy atom. The number of H-pyrrole nitrogens is 1. The fourth-order valence-corrected chi connectivity index (χ4v) is 2.38. The molecule has 100 valence electrons. The molecule has 0 aromatic carbocycles. The third kappa shape index (κ3) is 2.82. The molecule has 1 aromatic rings. The maximum absolute atomic E-state index is 12.3. The molecule has 1 aliphatic rings. The van der Waals surface area contributed by atoms with Crippen molar-refractivity contribution in [2.75, 3.05) is 13.2 Å². The maximum Gasteiger partial charge on any atom is 0.270 e. The minimum Gasteiger partial charge on any atom is -0.396 e. The van der Waals surface area contributed by atoms with Gasteiger partial charge >= 0.3 is 0 Å². The van der Waals surface area contributed by atoms with E-state index in [1.165, 1.54) is 0 Å². The second-order valence-corrected chi connectivity index (χ2v) is 5.29. The van der Waals surface area contributed by atoms with Gasteiger partial charge in [-0.2, -0.15) is 0 Å². The lowest BCUT2D eigenvalue weighted by Crippen LogP contribution is -2.45. The lowest BCUT2D eigenvalue weighted by molar-refractivity contribution is 0.0557. The summed E-state index contributed by atoms with van der Waals surface area (Å²) in [6, 6.07) is 1.83. The highest BCUT2D eigenvalue weighted by Gasteiger charge is 2.29. The monoisotopic (exact) mass is 290 g/mol. The number of rotatable bonds is 5. The minimum absolute atomic E-state index is 0.0861. The first-order valence-electron chi connectivity index (χ1n) is 6.09. The molecular formula is C12H16Cl2N2O2. The summed E-state index contributed by atoms with van der Waals surface area (Å²) in [5.74, 6) is -0.0954. The molecule has 4 nitrogen and oxygen atoms in total. The van der Waals surface area contributed by atoms with Crippen LogP contribution in [0.15, 0.2) is 6.07 Å². The number of amides is 1. The Labute approximate surface area is 116 Å². The summed E-state index contributed by atoms with van der Waals surface area (Å²) < 4.78 is 0. The number of nitrogens with zero attached hydrogens (tertiary/aromatic N) is 1. The molecule has 2 N–H and O–H groups in total. The van der Waals surface area contributed by atoms with Gasteiger partial charge in [-0.05, 0) is 31.7 Å². The zero-order chi connectivity index (χ0) is 13.1. The summed E-state index contributed by atoms with van der Waals surface area (Å²) in [6.07, 6.45) is 3.79. The normalized spacial score (nSPS) is 15.5. The minimum atomic E-state index is -0.0954. The van der Waals surface area contributed by atoms with Crippen molar-refractivity contribution < 1.29 is 9.90 Å². The largest absolute Gasteiger partial charge is 0.396 e. The van der Waals surface area contributed by atoms with Crippen LogP contribution in [-0.2, 0) is 0 Å². The summed E-state index contributed by atoms with van der Waals surface area (Å²) >= 11 is 11.6. The van der Waals surface area contributed by atoms with E-state index in [1.54, 1.807) is 11.0 Å². The molecule has 1 heterocycles. The lowest BCUT2D eigenvalue weighted by Gasteiger charge is -2.37. The van der Waals surface area contributed by atoms with Gasteiger partial charge < -0.3 is 15.0 Å². The summed E-state index contributed by atoms with van der Waals surface area (Å²) in [5, 5.41) is 9.55. The van der Waals surface area contributed by atoms with E-state index < -0.39 is 0 Å². The number of aliphatic hydroxyl groups is 1. The molecule has 6 heteroatoms. The second kappa shape index (κ2) is 5.95. The van der Waals surface area contributed by atoms with E-state index in [0.717, 1.165) is 19.3 Å². The van der Waals surface area contributed by atoms with Crippen molar-refractivity contribution in [2.45, 2.75) is 31.7 Å². The van der Waals surface area contributed by atoms with Crippen molar-refractivity contribution in [3.8, 4) is 0 Å². The second-order valence-electron chi connectivity index (χ2n) is 4.51. The number of carbonyl (C=O) groups is 1. The van der Waals surface area contributed by atoms with Crippen LogP contribution in [0.5, 0.6) is 0 Å². The van der Waals surface area contributed by atoms with Crippen LogP contribution in [0.2, 0.25) is 10.2 Å². The van der Waals surface area contributed by atoms with Crippen molar-refractivity contribution in [3.05, 3.63) is 21.9 Å². The number of halogens is 2. The van der Waals surface area contributed by atoms with E-state index >= 15 is 0 Å². The van der Waals surface area contributed by atoms with Gasteiger partial charge in [0, 0.05) is 19.2 Å². The Kier molecular flexibility index (Phi) is 4.54. The third-order valence-electron chi connectivity index (χ3n) is 3.29. The lowest BCUT2D eigenvalue weighted by atomic mass is 9.91. The van der Waals surface area contributed by atoms with E-state index in [0.29, 0.717) is 23.7 Å². The molecule has 0 atom stereocenters. The summed E-state index contributed by atoms with van der Waals surface area (Å²) in [7, 11) is 0. The van der Waals surface area contributed by atoms with Crippen LogP contribution in [-0.4, -0.2) is 40.1 Å². The molecule has 1 amide bonds. The Hall–Kier alpha value is -0.710. The van der Waals surface area contributed by atoms with E-state index in [2.05, 4.69) is 4.98 Å². The van der Waals surface area contributed by atoms with Gasteiger partial charge in [-0.3, -0.25) is 4.79 Å². The Bertz CT molecular complexity index is 410. The molecule has 0 radical (unpaired) electrons. The maximum atomic E-state index is 12.3. The van der Waals surface area contributed by atoms with E-state index in [1.807, 2.05) is 0 Å². The van der Waals surface area contributed by atoms with Gasteiger partial charge in [-0.1, -0.05) is 23.2 Å². The first kappa shape index (κ1) is 13.7. The Morgan fingerprint density at radius 3 is 2.67 bits per heavy atom. The smallest absolute Gasteiger partial charge is 0.270 e. The molecule has 0 bridgehead atoms. The zero-order valence-corrected chi connectivity index (χ0v) is 11.5. The summed E-state index contributed by atoms with van der Waals surface area (Å²) in [5.41, 5.74) is 0.412. The van der Waals surface area contributed by atoms with Gasteiger partial charge in [0.2, 0.25) is 0 Å². The van der Waals surface area contributed by atoms with Crippen LogP contribution in [0.1, 0.15) is 36.2 Å². The highest BCUT2D eigenvalue weighted by Crippen LogP contribution is 2.28. The van der Waals surface area contributed by atoms with Crippen molar-refractivity contribution in [1.82, 2.24) is 9.88 Å². The standard InChI is InChI=1S/C12H16Cl2N2O2/c13-9-7-10(15-11(9)14)12(18)16(5-2-6-17)8-3-1-4-8/h7-8,15,17H,1-6H2. The van der Waals surface area contributed by atoms with Crippen LogP contribution >= 0.6 is 23.2 Å². The quantitative estimate of drug-likeness (QED) is 0.876. The highest BCUT2D eigenvalue weighted by molar-refractivity contribution is 6.41. The SMILES string of the molecule is O=C(c1cc(Cl)c(Cl)[nH]1)N(CCCO)C1CCC1. The predicted molar refractivity (Wildman–Crippen MR) is 71.2 cm³/mol. The average Bonchev–Trinajstić information content (AvgIpc) is 2.61. The molecule has 1 saturated carbocycles. The van der Waals surface area contributed by atoms with Crippen LogP contribution in [0, 0.1) is 0 Å². The molecule has 18 heavy (non-hydrogen) atoms. The number of aliphatic hydroxyl groups excluding tert-OH is 1. The van der Waals surface area contributed by atoms with Crippen LogP contribution in [0.25, 0.3) is 0 Å². The number of nitrogens with one attached hydrogen (secondary N) is 1. The number of aromatic amines is 1. The van der Waals surface area contributed by atoms with Gasteiger partial charge in [0.15, 0.2) is 0 Å². The molecular weight excluding hydrogens is 275 g/mol. The number of carbonyl (C=O) groups excluding carboxylic acids is 1. The van der Waals surface area contributed by atoms with Crippen molar-refractivity contribution >= 4 is 29.1 Å². The summed E-state index contributed by atoms with van der Waals surface area (Å²) in [6.45, 7) is 0.650. The molecule has 0 aliphatic heterocycles. The number of aromatic nitrogens is 1. The summed E-state index contributed by atoms with van der Waals surface area (Å²) in [4.78, 5) is 16.9. The predicted octanol–water partition coefficient (Wildman–Crippen LogP) is 2.70. The third-order valence-corrected chi connectivity index (χ3v) is 3.98. The van der Waals surface area contributed by atoms with Crippen molar-refractivity contribution in [1.29, 1.82) is 0 Å². The molecule has 0 unspecified atom stereocenters. The van der Waals surface area contributed by atoms with Crippen LogP contribution in [0.3, 0.4) is 0 Å². The van der Waals surface area contributed by atoms with E-state index in [9.17, 15) is 4.79 Å². The van der Waals surface area contributed by atoms with Crippen molar-refractivity contribution in [2.24, 2.45) is 0 Å². The first-order chi connectivity index (χ1) is 8.63. The Morgan fingerprint density at radius 1 is 1.50 bits per heavy atom. The topological polar surface area (TPSA) is 56.3 Å². The van der Waals surface area contributed by atoms with Gasteiger partial charge in [0.25, 0.3) is 5.91 Å². The molecule has 0 saturated heterocycles. The van der Waals surface area contributed by atoms with Gasteiger partial charge in [0.05, 0.1) is 5.02 Å². The van der Waals surface area contributed by atoms with Crippen LogP contribution < -0.4 is 0 Å². The molecule has 1 aliphatic carbocycles. The van der Waals surface area contributed by atoms with Crippen LogP contribution in [0.4, 0.5) is 0 Å². The Balaban J connectivity index is 2.11. The number of hydrogen-bond donors (Lipinski definition) is 2. The van der Waals surface area contributed by atoms with E-state index in [-0.39, 0.29) is 23.7 Å². The molecule has 1 fully saturated rings. The van der Waals surface area contributed by atoms with Gasteiger partial charge in [-0.25, -0.2) is 0 Å². The van der Waals surface area contributed by atoms with Gasteiger partial charge in [-0.15, -0.1) is 0 Å². The molecule has 0 spiro atoms. The first-order valence-corrected chi connectivity index (χ1v) is 6.85. The molecule has 1 aromatic heterocycles. The fourth-order valence-electron chi connectivity index (χ4n) is 2.06. The zero-order valence-electron chi connectivity index (χ0n) is 9.96. The highest BCUT2D eigenvalue weighted by atomic mass is 35.5. The van der Waals surface area contributed by atoms with E-state index in [4.69, 9.17) is 28.3 Å². The van der Waals surface area contributed by atoms with Gasteiger partial charge in [0.1, 0.15) is 10.8 Å². The molecule has 2 rings (SSSR count). The average molecular weight is 291 g/mol. The fraction of sp³-hybridized carbons (Fsp3) is 0.583. The van der Waals surface area contributed by atoms with Crippen molar-refractivity contribution in [3.63, 3.8) is 0 Å².